The summed E-state index contributed by atoms with van der Waals surface area (Å²) in [4.78, 5) is 0.392. The highest BCUT2D eigenvalue weighted by Gasteiger charge is 2.31. The molecule has 100 valence electrons. The van der Waals surface area contributed by atoms with Gasteiger partial charge in [-0.15, -0.1) is 0 Å². The van der Waals surface area contributed by atoms with Crippen LogP contribution in [0.3, 0.4) is 0 Å². The van der Waals surface area contributed by atoms with Gasteiger partial charge in [0.1, 0.15) is 0 Å². The van der Waals surface area contributed by atoms with E-state index in [-0.39, 0.29) is 12.1 Å². The van der Waals surface area contributed by atoms with Crippen molar-refractivity contribution in [3.05, 3.63) is 29.8 Å². The fraction of sp³-hybridized carbons (Fsp3) is 0.538. The zero-order chi connectivity index (χ0) is 13.3. The first-order chi connectivity index (χ1) is 8.39. The number of nitrogens with one attached hydrogen (secondary N) is 1. The molecule has 5 heteroatoms. The Morgan fingerprint density at radius 3 is 2.39 bits per heavy atom. The first-order valence-corrected chi connectivity index (χ1v) is 7.66. The van der Waals surface area contributed by atoms with Crippen molar-refractivity contribution in [2.45, 2.75) is 37.8 Å². The van der Waals surface area contributed by atoms with Crippen LogP contribution in [0.1, 0.15) is 19.4 Å². The highest BCUT2D eigenvalue weighted by atomic mass is 32.2. The molecule has 18 heavy (non-hydrogen) atoms. The maximum atomic E-state index is 12.5. The van der Waals surface area contributed by atoms with Gasteiger partial charge in [-0.3, -0.25) is 0 Å². The molecule has 2 rings (SSSR count). The molecule has 0 aromatic heterocycles. The predicted molar refractivity (Wildman–Crippen MR) is 72.0 cm³/mol. The lowest BCUT2D eigenvalue weighted by Crippen LogP contribution is -2.55. The van der Waals surface area contributed by atoms with E-state index in [0.717, 1.165) is 5.56 Å². The van der Waals surface area contributed by atoms with Crippen LogP contribution < -0.4 is 5.32 Å². The Balaban J connectivity index is 2.31. The average Bonchev–Trinajstić information content (AvgIpc) is 2.27. The number of piperazine rings is 1. The van der Waals surface area contributed by atoms with E-state index in [1.54, 1.807) is 22.5 Å². The maximum Gasteiger partial charge on any atom is 0.243 e. The largest absolute Gasteiger partial charge is 0.309 e. The summed E-state index contributed by atoms with van der Waals surface area (Å²) in [6.07, 6.45) is 0. The fourth-order valence-corrected chi connectivity index (χ4v) is 4.12. The van der Waals surface area contributed by atoms with E-state index in [2.05, 4.69) is 5.32 Å². The molecule has 1 fully saturated rings. The first-order valence-electron chi connectivity index (χ1n) is 6.22. The van der Waals surface area contributed by atoms with E-state index in [0.29, 0.717) is 18.0 Å². The van der Waals surface area contributed by atoms with Crippen LogP contribution in [0.25, 0.3) is 0 Å². The van der Waals surface area contributed by atoms with E-state index in [1.165, 1.54) is 0 Å². The van der Waals surface area contributed by atoms with Crippen LogP contribution in [0.15, 0.2) is 29.2 Å². The quantitative estimate of drug-likeness (QED) is 0.881. The molecule has 0 unspecified atom stereocenters. The number of rotatable bonds is 2. The van der Waals surface area contributed by atoms with Crippen LogP contribution in [-0.2, 0) is 10.0 Å². The van der Waals surface area contributed by atoms with Crippen molar-refractivity contribution in [1.82, 2.24) is 9.62 Å². The molecule has 1 saturated heterocycles. The average molecular weight is 268 g/mol. The second-order valence-corrected chi connectivity index (χ2v) is 7.05. The number of hydrogen-bond acceptors (Lipinski definition) is 3. The van der Waals surface area contributed by atoms with Gasteiger partial charge in [0.15, 0.2) is 0 Å². The second kappa shape index (κ2) is 4.99. The number of nitrogens with zero attached hydrogens (tertiary/aromatic N) is 1. The normalized spacial score (nSPS) is 26.2. The van der Waals surface area contributed by atoms with Crippen LogP contribution in [-0.4, -0.2) is 37.9 Å². The van der Waals surface area contributed by atoms with Gasteiger partial charge in [0, 0.05) is 25.2 Å². The Morgan fingerprint density at radius 1 is 1.22 bits per heavy atom. The minimum absolute atomic E-state index is 0.188. The molecule has 1 aromatic rings. The zero-order valence-corrected chi connectivity index (χ0v) is 11.9. The molecule has 0 bridgehead atoms. The van der Waals surface area contributed by atoms with Crippen molar-refractivity contribution in [3.63, 3.8) is 0 Å². The summed E-state index contributed by atoms with van der Waals surface area (Å²) in [6.45, 7) is 6.98. The summed E-state index contributed by atoms with van der Waals surface area (Å²) in [5, 5.41) is 3.34. The summed E-state index contributed by atoms with van der Waals surface area (Å²) >= 11 is 0. The van der Waals surface area contributed by atoms with Gasteiger partial charge in [-0.05, 0) is 38.5 Å². The second-order valence-electron chi connectivity index (χ2n) is 5.11. The van der Waals surface area contributed by atoms with Crippen LogP contribution in [0.2, 0.25) is 0 Å². The number of benzene rings is 1. The lowest BCUT2D eigenvalue weighted by molar-refractivity contribution is 0.263. The summed E-state index contributed by atoms with van der Waals surface area (Å²) in [5.41, 5.74) is 0.965. The van der Waals surface area contributed by atoms with Crippen molar-refractivity contribution in [2.75, 3.05) is 13.1 Å². The Labute approximate surface area is 109 Å². The summed E-state index contributed by atoms with van der Waals surface area (Å²) in [6, 6.07) is 7.47. The SMILES string of the molecule is Cc1cccc(S(=O)(=O)N2C[C@@H](C)N[C@H](C)C2)c1. The minimum atomic E-state index is -3.36. The van der Waals surface area contributed by atoms with Gasteiger partial charge in [0.25, 0.3) is 0 Å². The van der Waals surface area contributed by atoms with Crippen molar-refractivity contribution in [3.8, 4) is 0 Å². The fourth-order valence-electron chi connectivity index (χ4n) is 2.40. The lowest BCUT2D eigenvalue weighted by atomic mass is 10.2. The zero-order valence-electron chi connectivity index (χ0n) is 11.1. The van der Waals surface area contributed by atoms with Crippen LogP contribution >= 0.6 is 0 Å². The lowest BCUT2D eigenvalue weighted by Gasteiger charge is -2.35. The van der Waals surface area contributed by atoms with Gasteiger partial charge in [0.05, 0.1) is 4.90 Å². The topological polar surface area (TPSA) is 49.4 Å². The number of sulfonamides is 1. The molecule has 4 nitrogen and oxygen atoms in total. The van der Waals surface area contributed by atoms with Crippen LogP contribution in [0.4, 0.5) is 0 Å². The summed E-state index contributed by atoms with van der Waals surface area (Å²) < 4.78 is 26.6. The molecular weight excluding hydrogens is 248 g/mol. The molecule has 1 aromatic carbocycles. The Morgan fingerprint density at radius 2 is 1.83 bits per heavy atom. The molecule has 0 aliphatic carbocycles. The van der Waals surface area contributed by atoms with E-state index >= 15 is 0 Å². The molecule has 0 saturated carbocycles. The molecule has 1 heterocycles. The third-order valence-corrected chi connectivity index (χ3v) is 4.98. The molecule has 0 radical (unpaired) electrons. The van der Waals surface area contributed by atoms with Crippen molar-refractivity contribution in [1.29, 1.82) is 0 Å². The standard InChI is InChI=1S/C13H20N2O2S/c1-10-5-4-6-13(7-10)18(16,17)15-8-11(2)14-12(3)9-15/h4-7,11-12,14H,8-9H2,1-3H3/t11-,12-/m1/s1. The van der Waals surface area contributed by atoms with Crippen molar-refractivity contribution in [2.24, 2.45) is 0 Å². The van der Waals surface area contributed by atoms with Crippen molar-refractivity contribution < 1.29 is 8.42 Å². The highest BCUT2D eigenvalue weighted by Crippen LogP contribution is 2.19. The third-order valence-electron chi connectivity index (χ3n) is 3.15. The molecule has 0 amide bonds. The molecular formula is C13H20N2O2S. The van der Waals surface area contributed by atoms with E-state index in [1.807, 2.05) is 26.8 Å². The van der Waals surface area contributed by atoms with Crippen molar-refractivity contribution >= 4 is 10.0 Å². The Kier molecular flexibility index (Phi) is 3.75. The van der Waals surface area contributed by atoms with Gasteiger partial charge in [-0.25, -0.2) is 8.42 Å². The molecule has 2 atom stereocenters. The third kappa shape index (κ3) is 2.74. The number of aryl methyl sites for hydroxylation is 1. The predicted octanol–water partition coefficient (Wildman–Crippen LogP) is 1.37. The monoisotopic (exact) mass is 268 g/mol. The van der Waals surface area contributed by atoms with Gasteiger partial charge in [0.2, 0.25) is 10.0 Å². The van der Waals surface area contributed by atoms with Gasteiger partial charge < -0.3 is 5.32 Å². The van der Waals surface area contributed by atoms with Gasteiger partial charge in [-0.2, -0.15) is 4.31 Å². The van der Waals surface area contributed by atoms with Crippen LogP contribution in [0, 0.1) is 6.92 Å². The Bertz CT molecular complexity index is 518. The summed E-state index contributed by atoms with van der Waals surface area (Å²) in [7, 11) is -3.36. The van der Waals surface area contributed by atoms with Gasteiger partial charge >= 0.3 is 0 Å². The molecule has 1 N–H and O–H groups in total. The smallest absolute Gasteiger partial charge is 0.243 e. The highest BCUT2D eigenvalue weighted by molar-refractivity contribution is 7.89. The van der Waals surface area contributed by atoms with Gasteiger partial charge in [-0.1, -0.05) is 12.1 Å². The Hall–Kier alpha value is -0.910. The van der Waals surface area contributed by atoms with E-state index in [4.69, 9.17) is 0 Å². The van der Waals surface area contributed by atoms with E-state index in [9.17, 15) is 8.42 Å². The first kappa shape index (κ1) is 13.5. The molecule has 1 aliphatic rings. The molecule has 0 spiro atoms. The van der Waals surface area contributed by atoms with Crippen LogP contribution in [0.5, 0.6) is 0 Å². The summed E-state index contributed by atoms with van der Waals surface area (Å²) in [5.74, 6) is 0. The minimum Gasteiger partial charge on any atom is -0.309 e. The number of hydrogen-bond donors (Lipinski definition) is 1. The van der Waals surface area contributed by atoms with E-state index < -0.39 is 10.0 Å². The maximum absolute atomic E-state index is 12.5. The molecule has 1 aliphatic heterocycles.